The Morgan fingerprint density at radius 3 is 2.32 bits per heavy atom. The van der Waals surface area contributed by atoms with Crippen molar-refractivity contribution in [3.8, 4) is 0 Å². The van der Waals surface area contributed by atoms with Gasteiger partial charge in [0.15, 0.2) is 0 Å². The quantitative estimate of drug-likeness (QED) is 0.543. The van der Waals surface area contributed by atoms with Crippen molar-refractivity contribution in [2.45, 2.75) is 72.1 Å². The van der Waals surface area contributed by atoms with Crippen LogP contribution in [0.25, 0.3) is 0 Å². The van der Waals surface area contributed by atoms with E-state index >= 15 is 0 Å². The molecule has 0 radical (unpaired) electrons. The van der Waals surface area contributed by atoms with Gasteiger partial charge in [-0.25, -0.2) is 0 Å². The van der Waals surface area contributed by atoms with Gasteiger partial charge in [-0.2, -0.15) is 0 Å². The van der Waals surface area contributed by atoms with Crippen LogP contribution in [0.15, 0.2) is 24.3 Å². The average molecular weight is 342 g/mol. The van der Waals surface area contributed by atoms with Gasteiger partial charge in [-0.3, -0.25) is 0 Å². The highest BCUT2D eigenvalue weighted by Gasteiger charge is 2.19. The van der Waals surface area contributed by atoms with Gasteiger partial charge in [0.2, 0.25) is 0 Å². The Balaban J connectivity index is 0.00000220. The molecule has 0 aromatic heterocycles. The largest absolute Gasteiger partial charge is 0.313 e. The first-order chi connectivity index (χ1) is 9.57. The molecule has 2 rings (SSSR count). The van der Waals surface area contributed by atoms with Crippen LogP contribution in [0.1, 0.15) is 51.5 Å². The third kappa shape index (κ3) is 6.85. The molecule has 22 heavy (non-hydrogen) atoms. The second-order valence-corrected chi connectivity index (χ2v) is 12.4. The molecule has 1 aromatic rings. The lowest BCUT2D eigenvalue weighted by atomic mass is 9.87. The summed E-state index contributed by atoms with van der Waals surface area (Å²) >= 11 is 0. The normalized spacial score (nSPS) is 15.8. The Morgan fingerprint density at radius 2 is 1.68 bits per heavy atom. The van der Waals surface area contributed by atoms with Gasteiger partial charge in [0.25, 0.3) is 0 Å². The Morgan fingerprint density at radius 1 is 1.05 bits per heavy atom. The molecule has 1 nitrogen and oxygen atoms in total. The third-order valence-corrected chi connectivity index (χ3v) is 6.70. The molecular weight excluding hydrogens is 306 g/mol. The highest BCUT2D eigenvalue weighted by molar-refractivity contribution is 6.89. The predicted octanol–water partition coefficient (Wildman–Crippen LogP) is 5.35. The zero-order valence-corrected chi connectivity index (χ0v) is 15.8. The Hall–Kier alpha value is -0.313. The molecular formula is C19H36ClNSi. The monoisotopic (exact) mass is 341 g/mol. The lowest BCUT2D eigenvalue weighted by molar-refractivity contribution is 0.334. The van der Waals surface area contributed by atoms with Crippen molar-refractivity contribution in [1.82, 2.24) is 5.32 Å². The maximum Gasteiger partial charge on any atom is 0.0780 e. The van der Waals surface area contributed by atoms with Crippen molar-refractivity contribution in [2.75, 3.05) is 6.54 Å². The van der Waals surface area contributed by atoms with Gasteiger partial charge in [0, 0.05) is 6.54 Å². The van der Waals surface area contributed by atoms with Crippen LogP contribution in [0.5, 0.6) is 0 Å². The van der Waals surface area contributed by atoms with E-state index in [1.807, 2.05) is 0 Å². The van der Waals surface area contributed by atoms with E-state index in [1.54, 1.807) is 5.19 Å². The van der Waals surface area contributed by atoms with E-state index in [4.69, 9.17) is 0 Å². The fraction of sp³-hybridized carbons (Fsp3) is 0.684. The van der Waals surface area contributed by atoms with E-state index in [9.17, 15) is 0 Å². The number of hydrogen-bond acceptors (Lipinski definition) is 1. The number of benzene rings is 1. The van der Waals surface area contributed by atoms with Gasteiger partial charge in [0.05, 0.1) is 8.07 Å². The summed E-state index contributed by atoms with van der Waals surface area (Å²) in [6.07, 6.45) is 8.69. The minimum Gasteiger partial charge on any atom is -0.313 e. The van der Waals surface area contributed by atoms with Crippen molar-refractivity contribution in [1.29, 1.82) is 0 Å². The first-order valence-corrected chi connectivity index (χ1v) is 11.9. The molecule has 0 atom stereocenters. The van der Waals surface area contributed by atoms with Crippen LogP contribution < -0.4 is 10.5 Å². The van der Waals surface area contributed by atoms with E-state index in [2.05, 4.69) is 49.2 Å². The number of nitrogens with one attached hydrogen (secondary N) is 1. The molecule has 1 saturated carbocycles. The average Bonchev–Trinajstić information content (AvgIpc) is 2.44. The highest BCUT2D eigenvalue weighted by atomic mass is 35.5. The summed E-state index contributed by atoms with van der Waals surface area (Å²) in [5, 5.41) is 5.30. The van der Waals surface area contributed by atoms with Crippen LogP contribution in [0.3, 0.4) is 0 Å². The Labute approximate surface area is 145 Å². The van der Waals surface area contributed by atoms with Crippen LogP contribution >= 0.6 is 12.4 Å². The van der Waals surface area contributed by atoms with E-state index in [1.165, 1.54) is 50.6 Å². The zero-order chi connectivity index (χ0) is 14.4. The molecule has 0 bridgehead atoms. The number of hydrogen-bond donors (Lipinski definition) is 1. The van der Waals surface area contributed by atoms with Crippen LogP contribution in [-0.2, 0) is 6.54 Å². The molecule has 1 aliphatic carbocycles. The summed E-state index contributed by atoms with van der Waals surface area (Å²) < 4.78 is 0. The topological polar surface area (TPSA) is 12.0 Å². The van der Waals surface area contributed by atoms with Gasteiger partial charge in [-0.15, -0.1) is 12.4 Å². The van der Waals surface area contributed by atoms with Crippen molar-refractivity contribution in [2.24, 2.45) is 5.92 Å². The van der Waals surface area contributed by atoms with Crippen LogP contribution in [0, 0.1) is 5.92 Å². The molecule has 0 heterocycles. The van der Waals surface area contributed by atoms with Gasteiger partial charge >= 0.3 is 0 Å². The number of halogens is 1. The minimum absolute atomic E-state index is 0. The molecule has 0 unspecified atom stereocenters. The first-order valence-electron chi connectivity index (χ1n) is 8.36. The lowest BCUT2D eigenvalue weighted by Gasteiger charge is -2.23. The number of rotatable bonds is 6. The van der Waals surface area contributed by atoms with Gasteiger partial charge in [-0.05, 0) is 24.4 Å². The van der Waals surface area contributed by atoms with Gasteiger partial charge in [0.1, 0.15) is 0 Å². The summed E-state index contributed by atoms with van der Waals surface area (Å²) in [5.74, 6) is 0.989. The van der Waals surface area contributed by atoms with E-state index < -0.39 is 8.07 Å². The first kappa shape index (κ1) is 21.7. The standard InChI is InChI=1S/C18H31NSi.CH4.ClH/c1-20(2,3)18-12-8-7-11-17(18)15-19-14-13-16-9-5-4-6-10-16;;/h7-8,11-12,16,19H,4-6,9-10,13-15H2,1-3H3;1H4;1H. The predicted molar refractivity (Wildman–Crippen MR) is 106 cm³/mol. The molecule has 3 heteroatoms. The minimum atomic E-state index is -1.21. The van der Waals surface area contributed by atoms with Crippen molar-refractivity contribution in [3.63, 3.8) is 0 Å². The molecule has 1 fully saturated rings. The fourth-order valence-electron chi connectivity index (χ4n) is 3.41. The second kappa shape index (κ2) is 10.5. The van der Waals surface area contributed by atoms with Crippen molar-refractivity contribution in [3.05, 3.63) is 29.8 Å². The molecule has 1 N–H and O–H groups in total. The molecule has 128 valence electrons. The molecule has 1 aromatic carbocycles. The summed E-state index contributed by atoms with van der Waals surface area (Å²) in [6, 6.07) is 9.02. The highest BCUT2D eigenvalue weighted by Crippen LogP contribution is 2.25. The van der Waals surface area contributed by atoms with Crippen LogP contribution in [-0.4, -0.2) is 14.6 Å². The van der Waals surface area contributed by atoms with Crippen LogP contribution in [0.2, 0.25) is 19.6 Å². The van der Waals surface area contributed by atoms with Crippen molar-refractivity contribution >= 4 is 25.7 Å². The molecule has 0 aliphatic heterocycles. The fourth-order valence-corrected chi connectivity index (χ4v) is 5.14. The zero-order valence-electron chi connectivity index (χ0n) is 14.0. The summed E-state index contributed by atoms with van der Waals surface area (Å²) in [4.78, 5) is 0. The van der Waals surface area contributed by atoms with Gasteiger partial charge in [-0.1, -0.05) is 88.6 Å². The van der Waals surface area contributed by atoms with Gasteiger partial charge < -0.3 is 5.32 Å². The molecule has 0 saturated heterocycles. The molecule has 1 aliphatic rings. The molecule has 0 amide bonds. The summed E-state index contributed by atoms with van der Waals surface area (Å²) in [7, 11) is -1.21. The smallest absolute Gasteiger partial charge is 0.0780 e. The van der Waals surface area contributed by atoms with Crippen LogP contribution in [0.4, 0.5) is 0 Å². The van der Waals surface area contributed by atoms with Crippen molar-refractivity contribution < 1.29 is 0 Å². The Bertz CT molecular complexity index is 408. The maximum atomic E-state index is 3.68. The molecule has 0 spiro atoms. The van der Waals surface area contributed by atoms with E-state index in [-0.39, 0.29) is 19.8 Å². The summed E-state index contributed by atoms with van der Waals surface area (Å²) in [5.41, 5.74) is 1.52. The second-order valence-electron chi connectivity index (χ2n) is 7.38. The lowest BCUT2D eigenvalue weighted by Crippen LogP contribution is -2.41. The van der Waals surface area contributed by atoms with E-state index in [0.29, 0.717) is 0 Å². The van der Waals surface area contributed by atoms with E-state index in [0.717, 1.165) is 12.5 Å². The Kier molecular flexibility index (Phi) is 10.3. The SMILES string of the molecule is C.C[Si](C)(C)c1ccccc1CNCCC1CCCCC1.Cl. The maximum absolute atomic E-state index is 3.68. The summed E-state index contributed by atoms with van der Waals surface area (Å²) in [6.45, 7) is 9.55. The third-order valence-electron chi connectivity index (χ3n) is 4.59.